The molecule has 1 N–H and O–H groups in total. The zero-order valence-electron chi connectivity index (χ0n) is 10.4. The highest BCUT2D eigenvalue weighted by Crippen LogP contribution is 2.15. The fraction of sp³-hybridized carbons (Fsp3) is 0.455. The van der Waals surface area contributed by atoms with Gasteiger partial charge < -0.3 is 10.0 Å². The number of carboxylic acids is 1. The highest BCUT2D eigenvalue weighted by atomic mass is 16.4. The van der Waals surface area contributed by atoms with Crippen LogP contribution < -0.4 is 4.90 Å². The van der Waals surface area contributed by atoms with Crippen LogP contribution in [0.1, 0.15) is 19.0 Å². The van der Waals surface area contributed by atoms with E-state index in [4.69, 9.17) is 5.11 Å². The van der Waals surface area contributed by atoms with E-state index in [0.717, 1.165) is 11.5 Å². The van der Waals surface area contributed by atoms with Crippen molar-refractivity contribution in [2.75, 3.05) is 18.0 Å². The smallest absolute Gasteiger partial charge is 0.305 e. The second kappa shape index (κ2) is 4.99. The molecule has 7 heteroatoms. The Labute approximate surface area is 104 Å². The molecular weight excluding hydrogens is 234 g/mol. The number of carboxylic acid groups (broad SMARTS) is 1. The fourth-order valence-electron chi connectivity index (χ4n) is 1.80. The molecule has 0 aliphatic carbocycles. The van der Waals surface area contributed by atoms with Crippen molar-refractivity contribution < 1.29 is 9.90 Å². The summed E-state index contributed by atoms with van der Waals surface area (Å²) in [4.78, 5) is 20.9. The summed E-state index contributed by atoms with van der Waals surface area (Å²) in [6.07, 6.45) is 1.53. The first kappa shape index (κ1) is 12.3. The lowest BCUT2D eigenvalue weighted by molar-refractivity contribution is -0.136. The summed E-state index contributed by atoms with van der Waals surface area (Å²) >= 11 is 0. The summed E-state index contributed by atoms with van der Waals surface area (Å²) in [5.74, 6) is 0.534. The molecule has 0 aromatic carbocycles. The monoisotopic (exact) mass is 249 g/mol. The predicted octanol–water partition coefficient (Wildman–Crippen LogP) is 0.734. The second-order valence-corrected chi connectivity index (χ2v) is 3.95. The molecule has 0 aliphatic heterocycles. The minimum Gasteiger partial charge on any atom is -0.481 e. The van der Waals surface area contributed by atoms with Gasteiger partial charge >= 0.3 is 5.97 Å². The first-order chi connectivity index (χ1) is 8.61. The van der Waals surface area contributed by atoms with Crippen LogP contribution in [0.25, 0.3) is 5.78 Å². The van der Waals surface area contributed by atoms with E-state index < -0.39 is 5.97 Å². The maximum Gasteiger partial charge on any atom is 0.305 e. The van der Waals surface area contributed by atoms with E-state index in [0.29, 0.717) is 18.9 Å². The first-order valence-electron chi connectivity index (χ1n) is 5.76. The highest BCUT2D eigenvalue weighted by Gasteiger charge is 2.13. The van der Waals surface area contributed by atoms with Crippen molar-refractivity contribution in [2.24, 2.45) is 0 Å². The maximum atomic E-state index is 10.7. The molecule has 0 atom stereocenters. The predicted molar refractivity (Wildman–Crippen MR) is 65.7 cm³/mol. The summed E-state index contributed by atoms with van der Waals surface area (Å²) in [6, 6.07) is 1.88. The number of fused-ring (bicyclic) bond motifs is 1. The van der Waals surface area contributed by atoms with E-state index in [1.807, 2.05) is 24.8 Å². The summed E-state index contributed by atoms with van der Waals surface area (Å²) < 4.78 is 1.62. The Morgan fingerprint density at radius 3 is 3.00 bits per heavy atom. The molecule has 0 bridgehead atoms. The lowest BCUT2D eigenvalue weighted by Crippen LogP contribution is -2.28. The third kappa shape index (κ3) is 2.39. The topological polar surface area (TPSA) is 83.6 Å². The van der Waals surface area contributed by atoms with Crippen molar-refractivity contribution in [3.05, 3.63) is 18.1 Å². The average molecular weight is 249 g/mol. The summed E-state index contributed by atoms with van der Waals surface area (Å²) in [5, 5.41) is 12.9. The highest BCUT2D eigenvalue weighted by molar-refractivity contribution is 5.67. The quantitative estimate of drug-likeness (QED) is 0.841. The minimum absolute atomic E-state index is 0.0887. The molecule has 0 saturated carbocycles. The van der Waals surface area contributed by atoms with Gasteiger partial charge in [0.2, 0.25) is 0 Å². The van der Waals surface area contributed by atoms with Crippen LogP contribution in [0.3, 0.4) is 0 Å². The first-order valence-corrected chi connectivity index (χ1v) is 5.76. The summed E-state index contributed by atoms with van der Waals surface area (Å²) in [7, 11) is 0. The number of rotatable bonds is 5. The van der Waals surface area contributed by atoms with Gasteiger partial charge in [-0.3, -0.25) is 4.79 Å². The van der Waals surface area contributed by atoms with Crippen LogP contribution in [0.5, 0.6) is 0 Å². The van der Waals surface area contributed by atoms with Gasteiger partial charge in [-0.05, 0) is 13.8 Å². The molecule has 7 nitrogen and oxygen atoms in total. The lowest BCUT2D eigenvalue weighted by atomic mass is 10.3. The largest absolute Gasteiger partial charge is 0.481 e. The van der Waals surface area contributed by atoms with Crippen molar-refractivity contribution in [1.29, 1.82) is 0 Å². The molecule has 0 unspecified atom stereocenters. The number of nitrogens with zero attached hydrogens (tertiary/aromatic N) is 5. The van der Waals surface area contributed by atoms with Gasteiger partial charge in [-0.25, -0.2) is 4.98 Å². The molecule has 0 fully saturated rings. The lowest BCUT2D eigenvalue weighted by Gasteiger charge is -2.22. The number of aryl methyl sites for hydroxylation is 1. The molecule has 0 aliphatic rings. The third-order valence-electron chi connectivity index (χ3n) is 2.66. The van der Waals surface area contributed by atoms with Gasteiger partial charge in [0, 0.05) is 24.8 Å². The summed E-state index contributed by atoms with van der Waals surface area (Å²) in [5.41, 5.74) is 0.833. The molecule has 2 aromatic heterocycles. The molecule has 0 amide bonds. The van der Waals surface area contributed by atoms with E-state index in [1.54, 1.807) is 4.52 Å². The molecule has 2 aromatic rings. The van der Waals surface area contributed by atoms with Gasteiger partial charge in [-0.2, -0.15) is 14.6 Å². The van der Waals surface area contributed by atoms with Gasteiger partial charge in [0.1, 0.15) is 12.1 Å². The number of aromatic nitrogens is 4. The number of hydrogen-bond donors (Lipinski definition) is 1. The van der Waals surface area contributed by atoms with Gasteiger partial charge in [0.05, 0.1) is 6.42 Å². The number of hydrogen-bond acceptors (Lipinski definition) is 5. The fourth-order valence-corrected chi connectivity index (χ4v) is 1.80. The Balaban J connectivity index is 2.37. The van der Waals surface area contributed by atoms with Crippen LogP contribution in [-0.2, 0) is 4.79 Å². The molecule has 18 heavy (non-hydrogen) atoms. The number of anilines is 1. The molecule has 96 valence electrons. The van der Waals surface area contributed by atoms with Crippen molar-refractivity contribution in [2.45, 2.75) is 20.3 Å². The van der Waals surface area contributed by atoms with E-state index in [1.165, 1.54) is 6.33 Å². The van der Waals surface area contributed by atoms with E-state index >= 15 is 0 Å². The molecule has 2 heterocycles. The van der Waals surface area contributed by atoms with E-state index in [-0.39, 0.29) is 6.42 Å². The normalized spacial score (nSPS) is 10.8. The Hall–Kier alpha value is -2.18. The van der Waals surface area contributed by atoms with Crippen LogP contribution >= 0.6 is 0 Å². The average Bonchev–Trinajstić information content (AvgIpc) is 2.77. The van der Waals surface area contributed by atoms with Gasteiger partial charge in [-0.1, -0.05) is 0 Å². The van der Waals surface area contributed by atoms with Gasteiger partial charge in [0.25, 0.3) is 5.78 Å². The Kier molecular flexibility index (Phi) is 3.40. The number of aliphatic carboxylic acids is 1. The van der Waals surface area contributed by atoms with Crippen LogP contribution in [0.4, 0.5) is 5.82 Å². The zero-order valence-corrected chi connectivity index (χ0v) is 10.4. The maximum absolute atomic E-state index is 10.7. The molecule has 0 saturated heterocycles. The Morgan fingerprint density at radius 1 is 1.56 bits per heavy atom. The SMILES string of the molecule is CCN(CCC(=O)O)c1cc(C)nc2ncnn12. The van der Waals surface area contributed by atoms with Crippen molar-refractivity contribution in [3.8, 4) is 0 Å². The molecule has 2 rings (SSSR count). The van der Waals surface area contributed by atoms with Gasteiger partial charge in [-0.15, -0.1) is 0 Å². The van der Waals surface area contributed by atoms with Crippen molar-refractivity contribution in [3.63, 3.8) is 0 Å². The minimum atomic E-state index is -0.811. The Bertz CT molecular complexity index is 566. The second-order valence-electron chi connectivity index (χ2n) is 3.95. The van der Waals surface area contributed by atoms with E-state index in [2.05, 4.69) is 15.1 Å². The molecule has 0 spiro atoms. The summed E-state index contributed by atoms with van der Waals surface area (Å²) in [6.45, 7) is 4.99. The van der Waals surface area contributed by atoms with Crippen molar-refractivity contribution >= 4 is 17.6 Å². The zero-order chi connectivity index (χ0) is 13.1. The van der Waals surface area contributed by atoms with Crippen LogP contribution in [0.15, 0.2) is 12.4 Å². The number of carbonyl (C=O) groups is 1. The van der Waals surface area contributed by atoms with Crippen LogP contribution in [0.2, 0.25) is 0 Å². The van der Waals surface area contributed by atoms with Crippen molar-refractivity contribution in [1.82, 2.24) is 19.6 Å². The van der Waals surface area contributed by atoms with E-state index in [9.17, 15) is 4.79 Å². The van der Waals surface area contributed by atoms with Crippen LogP contribution in [0, 0.1) is 6.92 Å². The standard InChI is InChI=1S/C11H15N5O2/c1-3-15(5-4-10(17)18)9-6-8(2)14-11-12-7-13-16(9)11/h6-7H,3-5H2,1-2H3,(H,17,18). The van der Waals surface area contributed by atoms with Gasteiger partial charge in [0.15, 0.2) is 0 Å². The third-order valence-corrected chi connectivity index (χ3v) is 2.66. The van der Waals surface area contributed by atoms with Crippen LogP contribution in [-0.4, -0.2) is 43.7 Å². The molecule has 0 radical (unpaired) electrons. The molecular formula is C11H15N5O2. The Morgan fingerprint density at radius 2 is 2.33 bits per heavy atom.